The Bertz CT molecular complexity index is 1120. The number of para-hydroxylation sites is 1. The van der Waals surface area contributed by atoms with E-state index in [1.807, 2.05) is 60.0 Å². The van der Waals surface area contributed by atoms with Crippen molar-refractivity contribution in [2.45, 2.75) is 26.8 Å². The molecule has 4 rings (SSSR count). The maximum Gasteiger partial charge on any atom is 0.263 e. The molecule has 0 aliphatic heterocycles. The number of aromatic nitrogens is 3. The van der Waals surface area contributed by atoms with Crippen molar-refractivity contribution in [1.82, 2.24) is 14.7 Å². The number of fused-ring (bicyclic) bond motifs is 1. The van der Waals surface area contributed by atoms with Crippen molar-refractivity contribution in [3.8, 4) is 22.8 Å². The lowest BCUT2D eigenvalue weighted by Crippen LogP contribution is -2.11. The summed E-state index contributed by atoms with van der Waals surface area (Å²) < 4.78 is 7.44. The van der Waals surface area contributed by atoms with Crippen LogP contribution in [0.1, 0.15) is 19.4 Å². The molecule has 130 valence electrons. The second kappa shape index (κ2) is 6.59. The number of hydrogen-bond donors (Lipinski definition) is 0. The third kappa shape index (κ3) is 2.71. The first-order valence-electron chi connectivity index (χ1n) is 8.76. The average Bonchev–Trinajstić information content (AvgIpc) is 3.18. The largest absolute Gasteiger partial charge is 0.347 e. The van der Waals surface area contributed by atoms with E-state index in [4.69, 9.17) is 4.52 Å². The summed E-state index contributed by atoms with van der Waals surface area (Å²) in [5, 5.41) is 4.71. The van der Waals surface area contributed by atoms with E-state index < -0.39 is 0 Å². The van der Waals surface area contributed by atoms with Gasteiger partial charge in [0.1, 0.15) is 5.56 Å². The van der Waals surface area contributed by atoms with Crippen LogP contribution in [0, 0.1) is 0 Å². The minimum atomic E-state index is -0.0955. The summed E-state index contributed by atoms with van der Waals surface area (Å²) in [5.41, 5.74) is 3.35. The Kier molecular flexibility index (Phi) is 4.13. The number of hydrogen-bond acceptors (Lipinski definition) is 4. The van der Waals surface area contributed by atoms with Crippen LogP contribution in [-0.4, -0.2) is 14.7 Å². The summed E-state index contributed by atoms with van der Waals surface area (Å²) in [6.07, 6.45) is 2.77. The summed E-state index contributed by atoms with van der Waals surface area (Å²) in [4.78, 5) is 17.3. The van der Waals surface area contributed by atoms with E-state index in [-0.39, 0.29) is 11.3 Å². The fourth-order valence-corrected chi connectivity index (χ4v) is 3.10. The van der Waals surface area contributed by atoms with Crippen molar-refractivity contribution >= 4 is 10.9 Å². The fraction of sp³-hybridized carbons (Fsp3) is 0.190. The zero-order valence-corrected chi connectivity index (χ0v) is 14.8. The third-order valence-corrected chi connectivity index (χ3v) is 4.61. The summed E-state index contributed by atoms with van der Waals surface area (Å²) in [5.74, 6) is 0.732. The summed E-state index contributed by atoms with van der Waals surface area (Å²) in [6, 6.07) is 15.6. The molecule has 2 aromatic heterocycles. The Morgan fingerprint density at radius 2 is 1.81 bits per heavy atom. The van der Waals surface area contributed by atoms with Crippen LogP contribution in [0.15, 0.2) is 64.0 Å². The zero-order valence-electron chi connectivity index (χ0n) is 14.8. The molecule has 0 unspecified atom stereocenters. The van der Waals surface area contributed by atoms with Crippen LogP contribution in [0.2, 0.25) is 0 Å². The van der Waals surface area contributed by atoms with Crippen molar-refractivity contribution in [1.29, 1.82) is 0 Å². The highest BCUT2D eigenvalue weighted by Gasteiger charge is 2.16. The standard InChI is InChI=1S/C21H19N3O2/c1-3-14-9-11-15(12-10-14)20-22-21(26-23-20)17-13-24(4-2)18-8-6-5-7-16(18)19(17)25/h5-13H,3-4H2,1-2H3. The van der Waals surface area contributed by atoms with Gasteiger partial charge in [0, 0.05) is 23.7 Å². The Hall–Kier alpha value is -3.21. The van der Waals surface area contributed by atoms with Gasteiger partial charge in [-0.1, -0.05) is 48.5 Å². The molecule has 2 aromatic carbocycles. The molecule has 0 atom stereocenters. The summed E-state index contributed by atoms with van der Waals surface area (Å²) in [6.45, 7) is 4.89. The van der Waals surface area contributed by atoms with Gasteiger partial charge in [0.05, 0.1) is 5.52 Å². The van der Waals surface area contributed by atoms with E-state index in [0.717, 1.165) is 24.0 Å². The first kappa shape index (κ1) is 16.3. The summed E-state index contributed by atoms with van der Waals surface area (Å²) >= 11 is 0. The Balaban J connectivity index is 1.82. The molecule has 0 spiro atoms. The maximum absolute atomic E-state index is 12.9. The molecule has 0 bridgehead atoms. The van der Waals surface area contributed by atoms with Gasteiger partial charge in [0.25, 0.3) is 5.89 Å². The summed E-state index contributed by atoms with van der Waals surface area (Å²) in [7, 11) is 0. The van der Waals surface area contributed by atoms with Crippen LogP contribution in [0.4, 0.5) is 0 Å². The Labute approximate surface area is 150 Å². The Morgan fingerprint density at radius 1 is 1.04 bits per heavy atom. The molecule has 0 saturated carbocycles. The molecule has 0 amide bonds. The number of aryl methyl sites for hydroxylation is 2. The van der Waals surface area contributed by atoms with Crippen molar-refractivity contribution in [3.05, 3.63) is 70.5 Å². The molecule has 0 aliphatic rings. The van der Waals surface area contributed by atoms with E-state index in [1.54, 1.807) is 6.20 Å². The smallest absolute Gasteiger partial charge is 0.263 e. The van der Waals surface area contributed by atoms with Crippen molar-refractivity contribution in [3.63, 3.8) is 0 Å². The molecule has 5 heteroatoms. The second-order valence-corrected chi connectivity index (χ2v) is 6.15. The van der Waals surface area contributed by atoms with Gasteiger partial charge in [-0.05, 0) is 31.0 Å². The van der Waals surface area contributed by atoms with E-state index >= 15 is 0 Å². The number of rotatable bonds is 4. The second-order valence-electron chi connectivity index (χ2n) is 6.15. The van der Waals surface area contributed by atoms with Crippen molar-refractivity contribution in [2.24, 2.45) is 0 Å². The predicted molar refractivity (Wildman–Crippen MR) is 102 cm³/mol. The first-order chi connectivity index (χ1) is 12.7. The molecule has 4 aromatic rings. The van der Waals surface area contributed by atoms with Crippen LogP contribution < -0.4 is 5.43 Å². The van der Waals surface area contributed by atoms with Gasteiger partial charge in [-0.25, -0.2) is 0 Å². The lowest BCUT2D eigenvalue weighted by molar-refractivity contribution is 0.431. The Morgan fingerprint density at radius 3 is 2.54 bits per heavy atom. The highest BCUT2D eigenvalue weighted by molar-refractivity contribution is 5.82. The molecule has 0 saturated heterocycles. The third-order valence-electron chi connectivity index (χ3n) is 4.61. The SMILES string of the molecule is CCc1ccc(-c2noc(-c3cn(CC)c4ccccc4c3=O)n2)cc1. The van der Waals surface area contributed by atoms with Crippen LogP contribution in [0.3, 0.4) is 0 Å². The van der Waals surface area contributed by atoms with Gasteiger partial charge in [-0.15, -0.1) is 0 Å². The van der Waals surface area contributed by atoms with E-state index in [0.29, 0.717) is 16.8 Å². The predicted octanol–water partition coefficient (Wildman–Crippen LogP) is 4.30. The molecule has 0 N–H and O–H groups in total. The minimum Gasteiger partial charge on any atom is -0.347 e. The lowest BCUT2D eigenvalue weighted by atomic mass is 10.1. The monoisotopic (exact) mass is 345 g/mol. The highest BCUT2D eigenvalue weighted by Crippen LogP contribution is 2.23. The molecule has 26 heavy (non-hydrogen) atoms. The molecular formula is C21H19N3O2. The van der Waals surface area contributed by atoms with Crippen molar-refractivity contribution in [2.75, 3.05) is 0 Å². The number of pyridine rings is 1. The van der Waals surface area contributed by atoms with Gasteiger partial charge >= 0.3 is 0 Å². The number of benzene rings is 2. The molecular weight excluding hydrogens is 326 g/mol. The van der Waals surface area contributed by atoms with Gasteiger partial charge < -0.3 is 9.09 Å². The zero-order chi connectivity index (χ0) is 18.1. The highest BCUT2D eigenvalue weighted by atomic mass is 16.5. The molecule has 0 fully saturated rings. The van der Waals surface area contributed by atoms with Crippen LogP contribution >= 0.6 is 0 Å². The molecule has 0 radical (unpaired) electrons. The molecule has 5 nitrogen and oxygen atoms in total. The van der Waals surface area contributed by atoms with E-state index in [9.17, 15) is 4.79 Å². The average molecular weight is 345 g/mol. The van der Waals surface area contributed by atoms with Gasteiger partial charge in [-0.3, -0.25) is 4.79 Å². The molecule has 2 heterocycles. The van der Waals surface area contributed by atoms with Gasteiger partial charge in [0.15, 0.2) is 0 Å². The fourth-order valence-electron chi connectivity index (χ4n) is 3.10. The van der Waals surface area contributed by atoms with Gasteiger partial charge in [-0.2, -0.15) is 4.98 Å². The molecule has 0 aliphatic carbocycles. The maximum atomic E-state index is 12.9. The van der Waals surface area contributed by atoms with Crippen molar-refractivity contribution < 1.29 is 4.52 Å². The normalized spacial score (nSPS) is 11.2. The van der Waals surface area contributed by atoms with Gasteiger partial charge in [0.2, 0.25) is 11.3 Å². The topological polar surface area (TPSA) is 60.9 Å². The van der Waals surface area contributed by atoms with Crippen LogP contribution in [0.5, 0.6) is 0 Å². The van der Waals surface area contributed by atoms with E-state index in [2.05, 4.69) is 17.1 Å². The van der Waals surface area contributed by atoms with E-state index in [1.165, 1.54) is 5.56 Å². The lowest BCUT2D eigenvalue weighted by Gasteiger charge is -2.09. The first-order valence-corrected chi connectivity index (χ1v) is 8.76. The van der Waals surface area contributed by atoms with Crippen LogP contribution in [0.25, 0.3) is 33.7 Å². The number of nitrogens with zero attached hydrogens (tertiary/aromatic N) is 3. The minimum absolute atomic E-state index is 0.0955. The van der Waals surface area contributed by atoms with Crippen LogP contribution in [-0.2, 0) is 13.0 Å². The quantitative estimate of drug-likeness (QED) is 0.553.